The van der Waals surface area contributed by atoms with Gasteiger partial charge in [-0.3, -0.25) is 4.68 Å². The van der Waals surface area contributed by atoms with E-state index in [1.165, 1.54) is 0 Å². The molecule has 0 radical (unpaired) electrons. The van der Waals surface area contributed by atoms with E-state index >= 15 is 0 Å². The minimum Gasteiger partial charge on any atom is -0.391 e. The standard InChI is InChI=1S/C12H23N3O/c1-5-15-9-10(7-14-15)6-13-8-11(16)12(2,3)4/h7,9,11,13,16H,5-6,8H2,1-4H3. The van der Waals surface area contributed by atoms with Crippen molar-refractivity contribution in [1.29, 1.82) is 0 Å². The van der Waals surface area contributed by atoms with Crippen LogP contribution in [0.5, 0.6) is 0 Å². The zero-order chi connectivity index (χ0) is 12.2. The van der Waals surface area contributed by atoms with Gasteiger partial charge in [0.1, 0.15) is 0 Å². The van der Waals surface area contributed by atoms with Gasteiger partial charge < -0.3 is 10.4 Å². The number of nitrogens with one attached hydrogen (secondary N) is 1. The summed E-state index contributed by atoms with van der Waals surface area (Å²) in [5, 5.41) is 17.3. The van der Waals surface area contributed by atoms with Crippen LogP contribution >= 0.6 is 0 Å². The first kappa shape index (κ1) is 13.2. The van der Waals surface area contributed by atoms with E-state index in [9.17, 15) is 5.11 Å². The van der Waals surface area contributed by atoms with Crippen LogP contribution in [-0.2, 0) is 13.1 Å². The van der Waals surface area contributed by atoms with Gasteiger partial charge in [-0.1, -0.05) is 20.8 Å². The summed E-state index contributed by atoms with van der Waals surface area (Å²) in [5.74, 6) is 0. The summed E-state index contributed by atoms with van der Waals surface area (Å²) >= 11 is 0. The van der Waals surface area contributed by atoms with Crippen molar-refractivity contribution in [3.05, 3.63) is 18.0 Å². The molecule has 4 nitrogen and oxygen atoms in total. The fraction of sp³-hybridized carbons (Fsp3) is 0.750. The highest BCUT2D eigenvalue weighted by Gasteiger charge is 2.21. The summed E-state index contributed by atoms with van der Waals surface area (Å²) in [6.45, 7) is 10.4. The Labute approximate surface area is 97.7 Å². The number of aryl methyl sites for hydroxylation is 1. The lowest BCUT2D eigenvalue weighted by Gasteiger charge is -2.25. The van der Waals surface area contributed by atoms with Gasteiger partial charge >= 0.3 is 0 Å². The molecule has 0 amide bonds. The van der Waals surface area contributed by atoms with Crippen molar-refractivity contribution < 1.29 is 5.11 Å². The number of rotatable bonds is 5. The molecule has 0 fully saturated rings. The molecule has 0 aliphatic carbocycles. The highest BCUT2D eigenvalue weighted by atomic mass is 16.3. The summed E-state index contributed by atoms with van der Waals surface area (Å²) in [7, 11) is 0. The van der Waals surface area contributed by atoms with E-state index in [-0.39, 0.29) is 11.5 Å². The lowest BCUT2D eigenvalue weighted by molar-refractivity contribution is 0.0627. The minimum absolute atomic E-state index is 0.0688. The SMILES string of the molecule is CCn1cc(CNCC(O)C(C)(C)C)cn1. The van der Waals surface area contributed by atoms with E-state index in [1.54, 1.807) is 0 Å². The lowest BCUT2D eigenvalue weighted by Crippen LogP contribution is -2.36. The van der Waals surface area contributed by atoms with Gasteiger partial charge in [0.2, 0.25) is 0 Å². The Hall–Kier alpha value is -0.870. The molecule has 0 saturated heterocycles. The zero-order valence-electron chi connectivity index (χ0n) is 10.7. The normalized spacial score (nSPS) is 14.1. The van der Waals surface area contributed by atoms with E-state index in [1.807, 2.05) is 37.8 Å². The predicted octanol–water partition coefficient (Wildman–Crippen LogP) is 1.40. The average molecular weight is 225 g/mol. The summed E-state index contributed by atoms with van der Waals surface area (Å²) in [6.07, 6.45) is 3.56. The fourth-order valence-corrected chi connectivity index (χ4v) is 1.33. The molecule has 1 heterocycles. The van der Waals surface area contributed by atoms with Gasteiger partial charge in [0.15, 0.2) is 0 Å². The summed E-state index contributed by atoms with van der Waals surface area (Å²) in [4.78, 5) is 0. The number of nitrogens with zero attached hydrogens (tertiary/aromatic N) is 2. The third-order valence-electron chi connectivity index (χ3n) is 2.68. The molecule has 0 aliphatic rings. The van der Waals surface area contributed by atoms with Crippen LogP contribution in [0.2, 0.25) is 0 Å². The van der Waals surface area contributed by atoms with Crippen LogP contribution in [0.25, 0.3) is 0 Å². The third kappa shape index (κ3) is 3.94. The van der Waals surface area contributed by atoms with Crippen molar-refractivity contribution in [1.82, 2.24) is 15.1 Å². The average Bonchev–Trinajstić information content (AvgIpc) is 2.64. The Balaban J connectivity index is 2.30. The number of hydrogen-bond acceptors (Lipinski definition) is 3. The van der Waals surface area contributed by atoms with Crippen molar-refractivity contribution in [2.75, 3.05) is 6.54 Å². The summed E-state index contributed by atoms with van der Waals surface area (Å²) in [6, 6.07) is 0. The molecular formula is C12H23N3O. The molecule has 0 spiro atoms. The molecule has 1 unspecified atom stereocenters. The van der Waals surface area contributed by atoms with Crippen LogP contribution in [0.1, 0.15) is 33.3 Å². The van der Waals surface area contributed by atoms with Crippen LogP contribution in [0, 0.1) is 5.41 Å². The van der Waals surface area contributed by atoms with Gasteiger partial charge in [0.25, 0.3) is 0 Å². The molecule has 92 valence electrons. The highest BCUT2D eigenvalue weighted by Crippen LogP contribution is 2.18. The van der Waals surface area contributed by atoms with Crippen LogP contribution in [0.3, 0.4) is 0 Å². The number of aliphatic hydroxyl groups is 1. The quantitative estimate of drug-likeness (QED) is 0.796. The fourth-order valence-electron chi connectivity index (χ4n) is 1.33. The molecule has 0 bridgehead atoms. The smallest absolute Gasteiger partial charge is 0.0712 e. The van der Waals surface area contributed by atoms with Crippen molar-refractivity contribution in [3.8, 4) is 0 Å². The van der Waals surface area contributed by atoms with Gasteiger partial charge in [0, 0.05) is 31.4 Å². The van der Waals surface area contributed by atoms with E-state index in [0.717, 1.165) is 18.7 Å². The maximum Gasteiger partial charge on any atom is 0.0712 e. The Bertz CT molecular complexity index is 314. The molecule has 0 aromatic carbocycles. The van der Waals surface area contributed by atoms with Crippen molar-refractivity contribution in [2.45, 2.75) is 46.9 Å². The molecule has 16 heavy (non-hydrogen) atoms. The Kier molecular flexibility index (Phi) is 4.50. The Morgan fingerprint density at radius 2 is 2.19 bits per heavy atom. The largest absolute Gasteiger partial charge is 0.391 e. The first-order valence-corrected chi connectivity index (χ1v) is 5.83. The van der Waals surface area contributed by atoms with Crippen molar-refractivity contribution in [3.63, 3.8) is 0 Å². The first-order valence-electron chi connectivity index (χ1n) is 5.83. The number of aliphatic hydroxyl groups excluding tert-OH is 1. The highest BCUT2D eigenvalue weighted by molar-refractivity contribution is 5.03. The second kappa shape index (κ2) is 5.46. The molecular weight excluding hydrogens is 202 g/mol. The maximum absolute atomic E-state index is 9.83. The van der Waals surface area contributed by atoms with Crippen LogP contribution in [0.15, 0.2) is 12.4 Å². The third-order valence-corrected chi connectivity index (χ3v) is 2.68. The monoisotopic (exact) mass is 225 g/mol. The van der Waals surface area contributed by atoms with Crippen LogP contribution in [-0.4, -0.2) is 27.5 Å². The van der Waals surface area contributed by atoms with Crippen LogP contribution in [0.4, 0.5) is 0 Å². The van der Waals surface area contributed by atoms with Gasteiger partial charge in [-0.15, -0.1) is 0 Å². The topological polar surface area (TPSA) is 50.1 Å². The van der Waals surface area contributed by atoms with Crippen LogP contribution < -0.4 is 5.32 Å². The van der Waals surface area contributed by atoms with E-state index in [2.05, 4.69) is 17.3 Å². The number of hydrogen-bond donors (Lipinski definition) is 2. The second-order valence-electron chi connectivity index (χ2n) is 5.22. The van der Waals surface area contributed by atoms with Crippen molar-refractivity contribution >= 4 is 0 Å². The van der Waals surface area contributed by atoms with Gasteiger partial charge in [-0.2, -0.15) is 5.10 Å². The molecule has 0 saturated carbocycles. The molecule has 4 heteroatoms. The van der Waals surface area contributed by atoms with E-state index in [4.69, 9.17) is 0 Å². The van der Waals surface area contributed by atoms with Gasteiger partial charge in [-0.05, 0) is 12.3 Å². The minimum atomic E-state index is -0.325. The first-order chi connectivity index (χ1) is 7.43. The molecule has 2 N–H and O–H groups in total. The molecule has 1 rings (SSSR count). The van der Waals surface area contributed by atoms with E-state index in [0.29, 0.717) is 6.54 Å². The second-order valence-corrected chi connectivity index (χ2v) is 5.22. The van der Waals surface area contributed by atoms with Gasteiger partial charge in [-0.25, -0.2) is 0 Å². The molecule has 1 aromatic rings. The Morgan fingerprint density at radius 1 is 1.50 bits per heavy atom. The molecule has 0 aliphatic heterocycles. The van der Waals surface area contributed by atoms with Gasteiger partial charge in [0.05, 0.1) is 12.3 Å². The predicted molar refractivity (Wildman–Crippen MR) is 65.1 cm³/mol. The maximum atomic E-state index is 9.83. The zero-order valence-corrected chi connectivity index (χ0v) is 10.7. The van der Waals surface area contributed by atoms with Crippen molar-refractivity contribution in [2.24, 2.45) is 5.41 Å². The molecule has 1 aromatic heterocycles. The van der Waals surface area contributed by atoms with E-state index < -0.39 is 0 Å². The summed E-state index contributed by atoms with van der Waals surface area (Å²) < 4.78 is 1.90. The number of aromatic nitrogens is 2. The lowest BCUT2D eigenvalue weighted by atomic mass is 9.89. The summed E-state index contributed by atoms with van der Waals surface area (Å²) in [5.41, 5.74) is 1.09. The molecule has 1 atom stereocenters. The Morgan fingerprint density at radius 3 is 2.69 bits per heavy atom.